The maximum absolute atomic E-state index is 12.7. The largest absolute Gasteiger partial charge is 0.507 e. The quantitative estimate of drug-likeness (QED) is 0.839. The smallest absolute Gasteiger partial charge is 0.255 e. The zero-order chi connectivity index (χ0) is 12.8. The van der Waals surface area contributed by atoms with E-state index in [0.29, 0.717) is 6.42 Å². The molecule has 2 N–H and O–H groups in total. The molecule has 1 amide bonds. The fourth-order valence-electron chi connectivity index (χ4n) is 1.37. The molecule has 0 saturated carbocycles. The van der Waals surface area contributed by atoms with Gasteiger partial charge in [0.25, 0.3) is 5.91 Å². The fourth-order valence-corrected chi connectivity index (χ4v) is 1.37. The molecule has 4 nitrogen and oxygen atoms in total. The Kier molecular flexibility index (Phi) is 4.46. The summed E-state index contributed by atoms with van der Waals surface area (Å²) in [4.78, 5) is 11.7. The molecule has 17 heavy (non-hydrogen) atoms. The molecule has 0 fully saturated rings. The Labute approximate surface area is 98.7 Å². The van der Waals surface area contributed by atoms with Crippen molar-refractivity contribution in [1.82, 2.24) is 5.32 Å². The Morgan fingerprint density at radius 1 is 1.65 bits per heavy atom. The summed E-state index contributed by atoms with van der Waals surface area (Å²) >= 11 is 0. The Morgan fingerprint density at radius 3 is 2.88 bits per heavy atom. The number of carbonyl (C=O) groups is 1. The molecular weight excluding hydrogens is 223 g/mol. The fraction of sp³-hybridized carbons (Fsp3) is 0.333. The van der Waals surface area contributed by atoms with Crippen molar-refractivity contribution < 1.29 is 14.3 Å². The van der Waals surface area contributed by atoms with Crippen molar-refractivity contribution in [2.75, 3.05) is 0 Å². The lowest BCUT2D eigenvalue weighted by atomic mass is 10.1. The number of nitrogens with one attached hydrogen (secondary N) is 1. The van der Waals surface area contributed by atoms with Crippen LogP contribution in [0.5, 0.6) is 5.75 Å². The number of benzene rings is 1. The summed E-state index contributed by atoms with van der Waals surface area (Å²) in [6.07, 6.45) is 0.811. The molecule has 0 aromatic heterocycles. The number of amides is 1. The standard InChI is InChI=1S/C12H13FN2O2/c1-2-9(5-6-14)15-12(17)10-4-3-8(13)7-11(10)16/h3-4,7,9,16H,2,5H2,1H3,(H,15,17)/t9-/m1/s1. The highest BCUT2D eigenvalue weighted by atomic mass is 19.1. The van der Waals surface area contributed by atoms with E-state index in [9.17, 15) is 14.3 Å². The van der Waals surface area contributed by atoms with Crippen LogP contribution in [-0.4, -0.2) is 17.1 Å². The molecule has 0 aliphatic heterocycles. The maximum Gasteiger partial charge on any atom is 0.255 e. The SMILES string of the molecule is CC[C@H](CC#N)NC(=O)c1ccc(F)cc1O. The molecule has 5 heteroatoms. The first-order valence-corrected chi connectivity index (χ1v) is 5.24. The minimum Gasteiger partial charge on any atom is -0.507 e. The topological polar surface area (TPSA) is 73.1 Å². The number of aromatic hydroxyl groups is 1. The lowest BCUT2D eigenvalue weighted by Gasteiger charge is -2.14. The van der Waals surface area contributed by atoms with Crippen LogP contribution in [0.3, 0.4) is 0 Å². The number of phenols is 1. The number of hydrogen-bond acceptors (Lipinski definition) is 3. The van der Waals surface area contributed by atoms with Gasteiger partial charge in [0.2, 0.25) is 0 Å². The van der Waals surface area contributed by atoms with Crippen molar-refractivity contribution in [1.29, 1.82) is 5.26 Å². The Morgan fingerprint density at radius 2 is 2.35 bits per heavy atom. The zero-order valence-electron chi connectivity index (χ0n) is 9.40. The average Bonchev–Trinajstić information content (AvgIpc) is 2.28. The third-order valence-electron chi connectivity index (χ3n) is 2.37. The molecule has 0 aliphatic rings. The van der Waals surface area contributed by atoms with Crippen LogP contribution >= 0.6 is 0 Å². The maximum atomic E-state index is 12.7. The molecular formula is C12H13FN2O2. The van der Waals surface area contributed by atoms with Gasteiger partial charge in [0.05, 0.1) is 18.1 Å². The third-order valence-corrected chi connectivity index (χ3v) is 2.37. The number of nitriles is 1. The van der Waals surface area contributed by atoms with Crippen LogP contribution in [-0.2, 0) is 0 Å². The van der Waals surface area contributed by atoms with Crippen molar-refractivity contribution in [2.45, 2.75) is 25.8 Å². The van der Waals surface area contributed by atoms with Crippen LogP contribution in [0, 0.1) is 17.1 Å². The monoisotopic (exact) mass is 236 g/mol. The van der Waals surface area contributed by atoms with Gasteiger partial charge in [-0.1, -0.05) is 6.92 Å². The van der Waals surface area contributed by atoms with Gasteiger partial charge >= 0.3 is 0 Å². The van der Waals surface area contributed by atoms with Crippen LogP contribution in [0.1, 0.15) is 30.1 Å². The minimum atomic E-state index is -0.608. The van der Waals surface area contributed by atoms with Gasteiger partial charge in [0.1, 0.15) is 11.6 Å². The summed E-state index contributed by atoms with van der Waals surface area (Å²) in [6.45, 7) is 1.84. The number of rotatable bonds is 4. The van der Waals surface area contributed by atoms with Gasteiger partial charge < -0.3 is 10.4 Å². The van der Waals surface area contributed by atoms with Crippen molar-refractivity contribution in [3.05, 3.63) is 29.6 Å². The Bertz CT molecular complexity index is 454. The lowest BCUT2D eigenvalue weighted by Crippen LogP contribution is -2.34. The normalized spacial score (nSPS) is 11.6. The summed E-state index contributed by atoms with van der Waals surface area (Å²) < 4.78 is 12.7. The van der Waals surface area contributed by atoms with Gasteiger partial charge in [0.15, 0.2) is 0 Å². The molecule has 0 spiro atoms. The lowest BCUT2D eigenvalue weighted by molar-refractivity contribution is 0.0934. The first kappa shape index (κ1) is 13.0. The van der Waals surface area contributed by atoms with E-state index in [1.165, 1.54) is 6.07 Å². The predicted octanol–water partition coefficient (Wildman–Crippen LogP) is 1.95. The number of phenolic OH excluding ortho intramolecular Hbond substituents is 1. The third kappa shape index (κ3) is 3.45. The highest BCUT2D eigenvalue weighted by molar-refractivity contribution is 5.96. The Balaban J connectivity index is 2.79. The van der Waals surface area contributed by atoms with Gasteiger partial charge in [0, 0.05) is 12.1 Å². The van der Waals surface area contributed by atoms with Crippen LogP contribution in [0.4, 0.5) is 4.39 Å². The second-order valence-corrected chi connectivity index (χ2v) is 3.60. The molecule has 0 unspecified atom stereocenters. The van der Waals surface area contributed by atoms with Gasteiger partial charge in [-0.05, 0) is 18.6 Å². The molecule has 0 heterocycles. The molecule has 1 aromatic carbocycles. The predicted molar refractivity (Wildman–Crippen MR) is 59.8 cm³/mol. The molecule has 0 radical (unpaired) electrons. The van der Waals surface area contributed by atoms with Gasteiger partial charge in [-0.3, -0.25) is 4.79 Å². The van der Waals surface area contributed by atoms with Gasteiger partial charge in [-0.2, -0.15) is 5.26 Å². The number of carbonyl (C=O) groups excluding carboxylic acids is 1. The summed E-state index contributed by atoms with van der Waals surface area (Å²) in [5, 5.41) is 20.6. The molecule has 90 valence electrons. The number of halogens is 1. The van der Waals surface area contributed by atoms with E-state index < -0.39 is 17.5 Å². The first-order valence-electron chi connectivity index (χ1n) is 5.24. The highest BCUT2D eigenvalue weighted by Crippen LogP contribution is 2.18. The van der Waals surface area contributed by atoms with Crippen molar-refractivity contribution in [3.63, 3.8) is 0 Å². The van der Waals surface area contributed by atoms with E-state index in [0.717, 1.165) is 12.1 Å². The Hall–Kier alpha value is -2.09. The van der Waals surface area contributed by atoms with E-state index in [-0.39, 0.29) is 18.0 Å². The molecule has 0 saturated heterocycles. The van der Waals surface area contributed by atoms with E-state index >= 15 is 0 Å². The van der Waals surface area contributed by atoms with E-state index in [2.05, 4.69) is 5.32 Å². The van der Waals surface area contributed by atoms with Gasteiger partial charge in [-0.15, -0.1) is 0 Å². The molecule has 1 atom stereocenters. The van der Waals surface area contributed by atoms with E-state index in [1.54, 1.807) is 0 Å². The van der Waals surface area contributed by atoms with Crippen molar-refractivity contribution in [3.8, 4) is 11.8 Å². The van der Waals surface area contributed by atoms with Crippen LogP contribution < -0.4 is 5.32 Å². The van der Waals surface area contributed by atoms with Gasteiger partial charge in [-0.25, -0.2) is 4.39 Å². The van der Waals surface area contributed by atoms with Crippen molar-refractivity contribution in [2.24, 2.45) is 0 Å². The van der Waals surface area contributed by atoms with Crippen LogP contribution in [0.25, 0.3) is 0 Å². The molecule has 1 aromatic rings. The molecule has 0 aliphatic carbocycles. The number of nitrogens with zero attached hydrogens (tertiary/aromatic N) is 1. The second-order valence-electron chi connectivity index (χ2n) is 3.60. The summed E-state index contributed by atoms with van der Waals surface area (Å²) in [7, 11) is 0. The second kappa shape index (κ2) is 5.85. The highest BCUT2D eigenvalue weighted by Gasteiger charge is 2.15. The summed E-state index contributed by atoms with van der Waals surface area (Å²) in [5.41, 5.74) is 0.00258. The van der Waals surface area contributed by atoms with Crippen LogP contribution in [0.15, 0.2) is 18.2 Å². The number of hydrogen-bond donors (Lipinski definition) is 2. The van der Waals surface area contributed by atoms with Crippen molar-refractivity contribution >= 4 is 5.91 Å². The first-order chi connectivity index (χ1) is 8.08. The molecule has 0 bridgehead atoms. The summed E-state index contributed by atoms with van der Waals surface area (Å²) in [6, 6.07) is 4.88. The molecule has 1 rings (SSSR count). The summed E-state index contributed by atoms with van der Waals surface area (Å²) in [5.74, 6) is -1.53. The van der Waals surface area contributed by atoms with E-state index in [4.69, 9.17) is 5.26 Å². The zero-order valence-corrected chi connectivity index (χ0v) is 9.40. The average molecular weight is 236 g/mol. The van der Waals surface area contributed by atoms with Crippen LogP contribution in [0.2, 0.25) is 0 Å². The minimum absolute atomic E-state index is 0.00258. The van der Waals surface area contributed by atoms with E-state index in [1.807, 2.05) is 13.0 Å².